The predicted octanol–water partition coefficient (Wildman–Crippen LogP) is 2.45. The van der Waals surface area contributed by atoms with E-state index in [4.69, 9.17) is 5.11 Å². The lowest BCUT2D eigenvalue weighted by atomic mass is 9.66. The zero-order chi connectivity index (χ0) is 14.6. The van der Waals surface area contributed by atoms with E-state index in [1.165, 1.54) is 0 Å². The minimum absolute atomic E-state index is 0.0947. The predicted molar refractivity (Wildman–Crippen MR) is 74.6 cm³/mol. The van der Waals surface area contributed by atoms with Crippen LogP contribution in [0.15, 0.2) is 12.2 Å². The van der Waals surface area contributed by atoms with Gasteiger partial charge in [-0.1, -0.05) is 25.5 Å². The number of carboxylic acid groups (broad SMARTS) is 1. The fraction of sp³-hybridized carbons (Fsp3) is 0.733. The summed E-state index contributed by atoms with van der Waals surface area (Å²) in [5.74, 6) is -0.622. The van der Waals surface area contributed by atoms with Gasteiger partial charge in [-0.15, -0.1) is 0 Å². The van der Waals surface area contributed by atoms with Gasteiger partial charge in [-0.05, 0) is 37.5 Å². The summed E-state index contributed by atoms with van der Waals surface area (Å²) >= 11 is 0. The average molecular weight is 267 g/mol. The standard InChI is InChI=1S/C15H25NO3/c1-9(2)11-6-5-10(3)7-12(11)13(8-14(17)18)15(19)16-4/h10-13H,1,5-8H2,2-4H3,(H,16,19)(H,17,18). The normalized spacial score (nSPS) is 28.5. The molecule has 1 aliphatic rings. The van der Waals surface area contributed by atoms with Gasteiger partial charge in [0.05, 0.1) is 12.3 Å². The number of allylic oxidation sites excluding steroid dienone is 1. The molecule has 0 heterocycles. The van der Waals surface area contributed by atoms with Crippen LogP contribution in [0.3, 0.4) is 0 Å². The molecule has 0 bridgehead atoms. The van der Waals surface area contributed by atoms with E-state index >= 15 is 0 Å². The van der Waals surface area contributed by atoms with Gasteiger partial charge in [0, 0.05) is 7.05 Å². The third-order valence-electron chi connectivity index (χ3n) is 4.29. The Labute approximate surface area is 115 Å². The molecule has 4 unspecified atom stereocenters. The van der Waals surface area contributed by atoms with E-state index in [-0.39, 0.29) is 24.2 Å². The summed E-state index contributed by atoms with van der Waals surface area (Å²) in [6.07, 6.45) is 2.94. The number of amides is 1. The number of carbonyl (C=O) groups is 2. The number of nitrogens with one attached hydrogen (secondary N) is 1. The Balaban J connectivity index is 2.97. The zero-order valence-corrected chi connectivity index (χ0v) is 12.1. The third kappa shape index (κ3) is 4.08. The van der Waals surface area contributed by atoms with Crippen LogP contribution in [0.1, 0.15) is 39.5 Å². The van der Waals surface area contributed by atoms with Gasteiger partial charge in [0.25, 0.3) is 0 Å². The summed E-state index contributed by atoms with van der Waals surface area (Å²) in [6, 6.07) is 0. The third-order valence-corrected chi connectivity index (χ3v) is 4.29. The second-order valence-corrected chi connectivity index (χ2v) is 5.85. The molecule has 2 N–H and O–H groups in total. The summed E-state index contributed by atoms with van der Waals surface area (Å²) in [6.45, 7) is 8.17. The summed E-state index contributed by atoms with van der Waals surface area (Å²) in [7, 11) is 1.57. The van der Waals surface area contributed by atoms with E-state index < -0.39 is 11.9 Å². The average Bonchev–Trinajstić information content (AvgIpc) is 2.34. The van der Waals surface area contributed by atoms with Gasteiger partial charge in [0.15, 0.2) is 0 Å². The maximum absolute atomic E-state index is 12.0. The zero-order valence-electron chi connectivity index (χ0n) is 12.1. The first-order valence-electron chi connectivity index (χ1n) is 6.95. The highest BCUT2D eigenvalue weighted by molar-refractivity contribution is 5.83. The molecule has 4 heteroatoms. The van der Waals surface area contributed by atoms with Gasteiger partial charge in [-0.2, -0.15) is 0 Å². The fourth-order valence-corrected chi connectivity index (χ4v) is 3.29. The summed E-state index contributed by atoms with van der Waals surface area (Å²) in [5, 5.41) is 11.7. The number of hydrogen-bond donors (Lipinski definition) is 2. The summed E-state index contributed by atoms with van der Waals surface area (Å²) in [4.78, 5) is 23.0. The Morgan fingerprint density at radius 1 is 1.42 bits per heavy atom. The van der Waals surface area contributed by atoms with E-state index in [9.17, 15) is 9.59 Å². The van der Waals surface area contributed by atoms with E-state index in [2.05, 4.69) is 18.8 Å². The first kappa shape index (κ1) is 15.7. The molecule has 0 saturated heterocycles. The van der Waals surface area contributed by atoms with Crippen molar-refractivity contribution in [1.82, 2.24) is 5.32 Å². The minimum Gasteiger partial charge on any atom is -0.481 e. The van der Waals surface area contributed by atoms with E-state index in [0.29, 0.717) is 5.92 Å². The van der Waals surface area contributed by atoms with Crippen molar-refractivity contribution in [1.29, 1.82) is 0 Å². The van der Waals surface area contributed by atoms with Crippen LogP contribution in [-0.2, 0) is 9.59 Å². The Kier molecular flexibility index (Phi) is 5.58. The lowest BCUT2D eigenvalue weighted by Gasteiger charge is -2.39. The van der Waals surface area contributed by atoms with Crippen LogP contribution in [-0.4, -0.2) is 24.0 Å². The number of carbonyl (C=O) groups excluding carboxylic acids is 1. The Bertz CT molecular complexity index is 364. The molecule has 1 amide bonds. The fourth-order valence-electron chi connectivity index (χ4n) is 3.29. The first-order valence-corrected chi connectivity index (χ1v) is 6.95. The van der Waals surface area contributed by atoms with Crippen molar-refractivity contribution in [3.8, 4) is 0 Å². The van der Waals surface area contributed by atoms with Crippen LogP contribution in [0.4, 0.5) is 0 Å². The van der Waals surface area contributed by atoms with E-state index in [1.54, 1.807) is 7.05 Å². The van der Waals surface area contributed by atoms with Crippen molar-refractivity contribution in [2.75, 3.05) is 7.05 Å². The maximum Gasteiger partial charge on any atom is 0.304 e. The molecule has 0 spiro atoms. The van der Waals surface area contributed by atoms with Crippen molar-refractivity contribution in [3.63, 3.8) is 0 Å². The topological polar surface area (TPSA) is 66.4 Å². The second-order valence-electron chi connectivity index (χ2n) is 5.85. The quantitative estimate of drug-likeness (QED) is 0.752. The van der Waals surface area contributed by atoms with Crippen molar-refractivity contribution in [2.45, 2.75) is 39.5 Å². The van der Waals surface area contributed by atoms with Gasteiger partial charge in [-0.3, -0.25) is 9.59 Å². The molecule has 19 heavy (non-hydrogen) atoms. The monoisotopic (exact) mass is 267 g/mol. The van der Waals surface area contributed by atoms with Crippen LogP contribution in [0.2, 0.25) is 0 Å². The van der Waals surface area contributed by atoms with Gasteiger partial charge in [0.1, 0.15) is 0 Å². The number of aliphatic carboxylic acids is 1. The molecule has 0 aromatic carbocycles. The van der Waals surface area contributed by atoms with E-state index in [0.717, 1.165) is 24.8 Å². The SMILES string of the molecule is C=C(C)C1CCC(C)CC1C(CC(=O)O)C(=O)NC. The van der Waals surface area contributed by atoms with Crippen LogP contribution in [0, 0.1) is 23.7 Å². The summed E-state index contributed by atoms with van der Waals surface area (Å²) < 4.78 is 0. The first-order chi connectivity index (χ1) is 8.86. The van der Waals surface area contributed by atoms with Crippen molar-refractivity contribution in [3.05, 3.63) is 12.2 Å². The molecule has 1 fully saturated rings. The minimum atomic E-state index is -0.910. The van der Waals surface area contributed by atoms with Gasteiger partial charge < -0.3 is 10.4 Å². The van der Waals surface area contributed by atoms with Gasteiger partial charge >= 0.3 is 5.97 Å². The van der Waals surface area contributed by atoms with Crippen LogP contribution >= 0.6 is 0 Å². The molecular weight excluding hydrogens is 242 g/mol. The van der Waals surface area contributed by atoms with Gasteiger partial charge in [-0.25, -0.2) is 0 Å². The number of carboxylic acids is 1. The van der Waals surface area contributed by atoms with Crippen molar-refractivity contribution >= 4 is 11.9 Å². The Morgan fingerprint density at radius 2 is 2.05 bits per heavy atom. The molecule has 0 aliphatic heterocycles. The highest BCUT2D eigenvalue weighted by atomic mass is 16.4. The van der Waals surface area contributed by atoms with Crippen molar-refractivity contribution < 1.29 is 14.7 Å². The van der Waals surface area contributed by atoms with Crippen LogP contribution in [0.5, 0.6) is 0 Å². The molecular formula is C15H25NO3. The lowest BCUT2D eigenvalue weighted by Crippen LogP contribution is -2.40. The highest BCUT2D eigenvalue weighted by Gasteiger charge is 2.38. The highest BCUT2D eigenvalue weighted by Crippen LogP contribution is 2.42. The maximum atomic E-state index is 12.0. The second kappa shape index (κ2) is 6.73. The molecule has 108 valence electrons. The largest absolute Gasteiger partial charge is 0.481 e. The molecule has 4 nitrogen and oxygen atoms in total. The molecule has 4 atom stereocenters. The molecule has 0 aromatic heterocycles. The molecule has 1 saturated carbocycles. The molecule has 0 aromatic rings. The number of rotatable bonds is 5. The Morgan fingerprint density at radius 3 is 2.53 bits per heavy atom. The van der Waals surface area contributed by atoms with Crippen LogP contribution in [0.25, 0.3) is 0 Å². The van der Waals surface area contributed by atoms with Crippen molar-refractivity contribution in [2.24, 2.45) is 23.7 Å². The van der Waals surface area contributed by atoms with Crippen LogP contribution < -0.4 is 5.32 Å². The molecule has 0 radical (unpaired) electrons. The molecule has 1 rings (SSSR count). The molecule has 1 aliphatic carbocycles. The number of hydrogen-bond acceptors (Lipinski definition) is 2. The lowest BCUT2D eigenvalue weighted by molar-refractivity contribution is -0.143. The van der Waals surface area contributed by atoms with E-state index in [1.807, 2.05) is 6.92 Å². The van der Waals surface area contributed by atoms with Gasteiger partial charge in [0.2, 0.25) is 5.91 Å². The smallest absolute Gasteiger partial charge is 0.304 e. The summed E-state index contributed by atoms with van der Waals surface area (Å²) in [5.41, 5.74) is 1.07. The Hall–Kier alpha value is -1.32.